The fraction of sp³-hybridized carbons (Fsp3) is 0.0909. The number of halogens is 4. The third-order valence-electron chi connectivity index (χ3n) is 4.84. The number of rotatable bonds is 6. The van der Waals surface area contributed by atoms with Crippen molar-refractivity contribution in [2.45, 2.75) is 13.0 Å². The molecule has 3 heterocycles. The van der Waals surface area contributed by atoms with Gasteiger partial charge in [0, 0.05) is 5.56 Å². The predicted molar refractivity (Wildman–Crippen MR) is 118 cm³/mol. The van der Waals surface area contributed by atoms with Gasteiger partial charge in [-0.2, -0.15) is 13.9 Å². The minimum atomic E-state index is -2.97. The van der Waals surface area contributed by atoms with E-state index in [1.165, 1.54) is 24.3 Å². The average Bonchev–Trinajstić information content (AvgIpc) is 3.41. The van der Waals surface area contributed by atoms with Crippen LogP contribution in [0.2, 0.25) is 0 Å². The van der Waals surface area contributed by atoms with Gasteiger partial charge in [-0.15, -0.1) is 0 Å². The van der Waals surface area contributed by atoms with Crippen LogP contribution in [0.25, 0.3) is 27.1 Å². The highest BCUT2D eigenvalue weighted by molar-refractivity contribution is 7.22. The second-order valence-corrected chi connectivity index (χ2v) is 8.04. The van der Waals surface area contributed by atoms with Crippen LogP contribution in [0.5, 0.6) is 5.75 Å². The van der Waals surface area contributed by atoms with E-state index in [0.717, 1.165) is 22.0 Å². The van der Waals surface area contributed by atoms with Crippen molar-refractivity contribution in [2.75, 3.05) is 5.32 Å². The second kappa shape index (κ2) is 8.71. The SMILES string of the molecule is O=C(Nc1nc2ccc(OC(F)F)cc2s1)c1cnn2c(C(F)F)cc(-c3ccccc3)nc12. The smallest absolute Gasteiger partial charge is 0.387 e. The van der Waals surface area contributed by atoms with Crippen LogP contribution in [0.4, 0.5) is 22.7 Å². The molecular weight excluding hydrogens is 474 g/mol. The van der Waals surface area contributed by atoms with E-state index < -0.39 is 24.6 Å². The molecule has 0 aliphatic heterocycles. The van der Waals surface area contributed by atoms with Gasteiger partial charge >= 0.3 is 6.61 Å². The summed E-state index contributed by atoms with van der Waals surface area (Å²) < 4.78 is 58.2. The lowest BCUT2D eigenvalue weighted by molar-refractivity contribution is -0.0497. The molecule has 12 heteroatoms. The Balaban J connectivity index is 1.50. The Hall–Kier alpha value is -4.06. The topological polar surface area (TPSA) is 81.4 Å². The molecule has 0 aliphatic rings. The molecule has 2 aromatic carbocycles. The van der Waals surface area contributed by atoms with Crippen molar-refractivity contribution in [3.8, 4) is 17.0 Å². The highest BCUT2D eigenvalue weighted by atomic mass is 32.1. The number of alkyl halides is 4. The molecule has 0 fully saturated rings. The molecule has 0 atom stereocenters. The Kier molecular flexibility index (Phi) is 5.57. The Bertz CT molecular complexity index is 1500. The number of benzene rings is 2. The molecule has 1 N–H and O–H groups in total. The highest BCUT2D eigenvalue weighted by Gasteiger charge is 2.22. The number of carbonyl (C=O) groups excluding carboxylic acids is 1. The third kappa shape index (κ3) is 4.15. The number of nitrogens with zero attached hydrogens (tertiary/aromatic N) is 4. The number of nitrogens with one attached hydrogen (secondary N) is 1. The van der Waals surface area contributed by atoms with Gasteiger partial charge in [-0.05, 0) is 24.3 Å². The number of hydrogen-bond donors (Lipinski definition) is 1. The van der Waals surface area contributed by atoms with Crippen LogP contribution < -0.4 is 10.1 Å². The molecule has 34 heavy (non-hydrogen) atoms. The summed E-state index contributed by atoms with van der Waals surface area (Å²) in [5.41, 5.74) is 0.862. The van der Waals surface area contributed by atoms with Crippen LogP contribution in [0.3, 0.4) is 0 Å². The van der Waals surface area contributed by atoms with Crippen LogP contribution in [-0.4, -0.2) is 32.1 Å². The molecule has 0 saturated carbocycles. The van der Waals surface area contributed by atoms with E-state index in [1.807, 2.05) is 0 Å². The number of hydrogen-bond acceptors (Lipinski definition) is 6. The molecule has 0 bridgehead atoms. The number of thiazole rings is 1. The van der Waals surface area contributed by atoms with Gasteiger partial charge in [-0.1, -0.05) is 41.7 Å². The lowest BCUT2D eigenvalue weighted by atomic mass is 10.1. The van der Waals surface area contributed by atoms with E-state index in [9.17, 15) is 22.4 Å². The molecule has 5 aromatic rings. The van der Waals surface area contributed by atoms with Gasteiger partial charge in [-0.25, -0.2) is 23.3 Å². The predicted octanol–water partition coefficient (Wildman–Crippen LogP) is 5.80. The Labute approximate surface area is 192 Å². The van der Waals surface area contributed by atoms with Gasteiger partial charge in [0.1, 0.15) is 17.0 Å². The normalized spacial score (nSPS) is 11.6. The molecule has 172 valence electrons. The van der Waals surface area contributed by atoms with Crippen LogP contribution in [0.1, 0.15) is 22.5 Å². The van der Waals surface area contributed by atoms with Crippen LogP contribution in [-0.2, 0) is 0 Å². The molecular formula is C22H13F4N5O2S. The van der Waals surface area contributed by atoms with Gasteiger partial charge in [0.05, 0.1) is 22.1 Å². The van der Waals surface area contributed by atoms with Crippen LogP contribution in [0.15, 0.2) is 60.8 Å². The Morgan fingerprint density at radius 3 is 2.56 bits per heavy atom. The molecule has 0 aliphatic carbocycles. The zero-order valence-electron chi connectivity index (χ0n) is 17.0. The van der Waals surface area contributed by atoms with Gasteiger partial charge in [0.2, 0.25) is 0 Å². The summed E-state index contributed by atoms with van der Waals surface area (Å²) in [7, 11) is 0. The zero-order valence-corrected chi connectivity index (χ0v) is 17.8. The van der Waals surface area contributed by atoms with E-state index in [2.05, 4.69) is 25.1 Å². The van der Waals surface area contributed by atoms with E-state index in [4.69, 9.17) is 0 Å². The minimum absolute atomic E-state index is 0.0272. The monoisotopic (exact) mass is 487 g/mol. The molecule has 7 nitrogen and oxygen atoms in total. The zero-order chi connectivity index (χ0) is 23.8. The van der Waals surface area contributed by atoms with Crippen LogP contribution in [0, 0.1) is 0 Å². The number of anilines is 1. The first-order valence-electron chi connectivity index (χ1n) is 9.78. The van der Waals surface area contributed by atoms with Crippen molar-refractivity contribution in [1.82, 2.24) is 19.6 Å². The van der Waals surface area contributed by atoms with E-state index in [0.29, 0.717) is 15.8 Å². The summed E-state index contributed by atoms with van der Waals surface area (Å²) in [4.78, 5) is 21.6. The maximum atomic E-state index is 13.7. The van der Waals surface area contributed by atoms with Crippen molar-refractivity contribution in [3.05, 3.63) is 72.1 Å². The molecule has 1 amide bonds. The summed E-state index contributed by atoms with van der Waals surface area (Å²) in [5.74, 6) is -0.695. The third-order valence-corrected chi connectivity index (χ3v) is 5.78. The molecule has 3 aromatic heterocycles. The summed E-state index contributed by atoms with van der Waals surface area (Å²) in [6.07, 6.45) is -1.70. The second-order valence-electron chi connectivity index (χ2n) is 7.01. The quantitative estimate of drug-likeness (QED) is 0.306. The fourth-order valence-electron chi connectivity index (χ4n) is 3.36. The average molecular weight is 487 g/mol. The van der Waals surface area contributed by atoms with Crippen molar-refractivity contribution < 1.29 is 27.1 Å². The van der Waals surface area contributed by atoms with Gasteiger partial charge < -0.3 is 4.74 Å². The van der Waals surface area contributed by atoms with Gasteiger partial charge in [0.15, 0.2) is 10.8 Å². The fourth-order valence-corrected chi connectivity index (χ4v) is 4.25. The number of aromatic nitrogens is 4. The van der Waals surface area contributed by atoms with Crippen molar-refractivity contribution in [1.29, 1.82) is 0 Å². The first-order chi connectivity index (χ1) is 16.4. The van der Waals surface area contributed by atoms with Crippen LogP contribution >= 0.6 is 11.3 Å². The van der Waals surface area contributed by atoms with E-state index >= 15 is 0 Å². The first-order valence-corrected chi connectivity index (χ1v) is 10.6. The van der Waals surface area contributed by atoms with Crippen molar-refractivity contribution in [2.24, 2.45) is 0 Å². The maximum Gasteiger partial charge on any atom is 0.387 e. The lowest BCUT2D eigenvalue weighted by Crippen LogP contribution is -2.12. The molecule has 0 spiro atoms. The summed E-state index contributed by atoms with van der Waals surface area (Å²) in [5, 5.41) is 6.70. The first kappa shape index (κ1) is 21.8. The standard InChI is InChI=1S/C22H13F4N5O2S/c23-18(24)16-9-15(11-4-2-1-3-5-11)28-19-13(10-27-31(16)19)20(32)30-22-29-14-7-6-12(33-21(25)26)8-17(14)34-22/h1-10,18,21H,(H,29,30,32). The highest BCUT2D eigenvalue weighted by Crippen LogP contribution is 2.31. The lowest BCUT2D eigenvalue weighted by Gasteiger charge is -2.08. The van der Waals surface area contributed by atoms with Crippen molar-refractivity contribution in [3.63, 3.8) is 0 Å². The maximum absolute atomic E-state index is 13.7. The molecule has 0 unspecified atom stereocenters. The number of fused-ring (bicyclic) bond motifs is 2. The van der Waals surface area contributed by atoms with Crippen molar-refractivity contribution >= 4 is 38.2 Å². The van der Waals surface area contributed by atoms with E-state index in [-0.39, 0.29) is 27.8 Å². The Morgan fingerprint density at radius 1 is 1.03 bits per heavy atom. The number of carbonyl (C=O) groups is 1. The largest absolute Gasteiger partial charge is 0.435 e. The molecule has 5 rings (SSSR count). The molecule has 0 radical (unpaired) electrons. The molecule has 0 saturated heterocycles. The number of ether oxygens (including phenoxy) is 1. The van der Waals surface area contributed by atoms with Gasteiger partial charge in [-0.3, -0.25) is 10.1 Å². The summed E-state index contributed by atoms with van der Waals surface area (Å²) in [6, 6.07) is 14.2. The summed E-state index contributed by atoms with van der Waals surface area (Å²) >= 11 is 1.04. The van der Waals surface area contributed by atoms with Gasteiger partial charge in [0.25, 0.3) is 12.3 Å². The Morgan fingerprint density at radius 2 is 1.82 bits per heavy atom. The number of amides is 1. The minimum Gasteiger partial charge on any atom is -0.435 e. The van der Waals surface area contributed by atoms with E-state index in [1.54, 1.807) is 30.3 Å². The summed E-state index contributed by atoms with van der Waals surface area (Å²) in [6.45, 7) is -2.97.